The van der Waals surface area contributed by atoms with Gasteiger partial charge in [-0.3, -0.25) is 14.7 Å². The zero-order chi connectivity index (χ0) is 19.2. The number of hydrogen-bond acceptors (Lipinski definition) is 4. The maximum Gasteiger partial charge on any atom is 0.219 e. The average molecular weight is 392 g/mol. The van der Waals surface area contributed by atoms with E-state index in [-0.39, 0.29) is 5.91 Å². The Morgan fingerprint density at radius 2 is 1.89 bits per heavy atom. The molecule has 0 spiro atoms. The molecule has 2 aliphatic rings. The number of guanidine groups is 1. The van der Waals surface area contributed by atoms with Crippen molar-refractivity contribution in [3.8, 4) is 0 Å². The minimum absolute atomic E-state index is 0.162. The summed E-state index contributed by atoms with van der Waals surface area (Å²) < 4.78 is 0. The molecule has 1 amide bonds. The van der Waals surface area contributed by atoms with E-state index >= 15 is 0 Å². The highest BCUT2D eigenvalue weighted by Gasteiger charge is 2.27. The first-order valence-electron chi connectivity index (χ1n) is 10.1. The highest BCUT2D eigenvalue weighted by molar-refractivity contribution is 7.10. The summed E-state index contributed by atoms with van der Waals surface area (Å²) >= 11 is 1.84. The number of hydrogen-bond donors (Lipinski definition) is 1. The third-order valence-corrected chi connectivity index (χ3v) is 6.79. The molecule has 150 valence electrons. The number of likely N-dealkylation sites (tertiary alicyclic amines) is 1. The molecule has 0 aliphatic carbocycles. The second kappa shape index (κ2) is 9.55. The SMILES string of the molecule is CN=C(NCC(c1cccs1)N1CCC(C)CC1)N1CCN(C(C)=O)CC1. The predicted octanol–water partition coefficient (Wildman–Crippen LogP) is 2.26. The highest BCUT2D eigenvalue weighted by Crippen LogP contribution is 2.29. The van der Waals surface area contributed by atoms with E-state index in [2.05, 4.69) is 44.5 Å². The van der Waals surface area contributed by atoms with Crippen molar-refractivity contribution in [2.45, 2.75) is 32.7 Å². The van der Waals surface area contributed by atoms with Crippen LogP contribution in [-0.2, 0) is 4.79 Å². The number of carbonyl (C=O) groups excluding carboxylic acids is 1. The molecule has 6 nitrogen and oxygen atoms in total. The molecular weight excluding hydrogens is 358 g/mol. The van der Waals surface area contributed by atoms with Crippen molar-refractivity contribution in [2.75, 3.05) is 52.9 Å². The number of nitrogens with zero attached hydrogens (tertiary/aromatic N) is 4. The fraction of sp³-hybridized carbons (Fsp3) is 0.700. The lowest BCUT2D eigenvalue weighted by Gasteiger charge is -2.39. The summed E-state index contributed by atoms with van der Waals surface area (Å²) in [5, 5.41) is 5.79. The van der Waals surface area contributed by atoms with Crippen molar-refractivity contribution < 1.29 is 4.79 Å². The Bertz CT molecular complexity index is 616. The van der Waals surface area contributed by atoms with Gasteiger partial charge < -0.3 is 15.1 Å². The van der Waals surface area contributed by atoms with Crippen LogP contribution in [0, 0.1) is 5.92 Å². The third kappa shape index (κ3) is 5.23. The topological polar surface area (TPSA) is 51.2 Å². The summed E-state index contributed by atoms with van der Waals surface area (Å²) in [5.41, 5.74) is 0. The number of rotatable bonds is 4. The number of piperidine rings is 1. The lowest BCUT2D eigenvalue weighted by molar-refractivity contribution is -0.130. The minimum atomic E-state index is 0.162. The van der Waals surface area contributed by atoms with E-state index < -0.39 is 0 Å². The Kier molecular flexibility index (Phi) is 7.13. The van der Waals surface area contributed by atoms with Gasteiger partial charge in [0, 0.05) is 51.6 Å². The van der Waals surface area contributed by atoms with E-state index in [4.69, 9.17) is 0 Å². The van der Waals surface area contributed by atoms with E-state index in [9.17, 15) is 4.79 Å². The molecule has 27 heavy (non-hydrogen) atoms. The van der Waals surface area contributed by atoms with Crippen LogP contribution in [0.1, 0.15) is 37.6 Å². The molecule has 0 bridgehead atoms. The van der Waals surface area contributed by atoms with Crippen LogP contribution in [0.5, 0.6) is 0 Å². The van der Waals surface area contributed by atoms with Crippen LogP contribution in [0.25, 0.3) is 0 Å². The number of piperazine rings is 1. The Hall–Kier alpha value is -1.60. The quantitative estimate of drug-likeness (QED) is 0.632. The van der Waals surface area contributed by atoms with E-state index in [1.54, 1.807) is 6.92 Å². The zero-order valence-electron chi connectivity index (χ0n) is 16.9. The zero-order valence-corrected chi connectivity index (χ0v) is 17.7. The van der Waals surface area contributed by atoms with Gasteiger partial charge in [-0.1, -0.05) is 13.0 Å². The molecule has 2 saturated heterocycles. The molecule has 1 N–H and O–H groups in total. The fourth-order valence-corrected chi connectivity index (χ4v) is 4.85. The molecule has 2 fully saturated rings. The summed E-state index contributed by atoms with van der Waals surface area (Å²) in [6.07, 6.45) is 2.56. The third-order valence-electron chi connectivity index (χ3n) is 5.82. The monoisotopic (exact) mass is 391 g/mol. The van der Waals surface area contributed by atoms with Crippen molar-refractivity contribution >= 4 is 23.2 Å². The lowest BCUT2D eigenvalue weighted by Crippen LogP contribution is -2.54. The first-order valence-corrected chi connectivity index (χ1v) is 10.9. The summed E-state index contributed by atoms with van der Waals surface area (Å²) in [4.78, 5) is 24.3. The molecule has 2 aliphatic heterocycles. The second-order valence-electron chi connectivity index (χ2n) is 7.67. The normalized spacial score (nSPS) is 21.4. The van der Waals surface area contributed by atoms with Gasteiger partial charge in [-0.05, 0) is 43.3 Å². The van der Waals surface area contributed by atoms with Crippen LogP contribution in [0.2, 0.25) is 0 Å². The van der Waals surface area contributed by atoms with Crippen molar-refractivity contribution in [1.29, 1.82) is 0 Å². The number of amides is 1. The molecule has 7 heteroatoms. The van der Waals surface area contributed by atoms with Gasteiger partial charge in [0.2, 0.25) is 5.91 Å². The molecule has 3 rings (SSSR count). The molecule has 3 heterocycles. The Labute approximate surface area is 167 Å². The number of thiophene rings is 1. The molecule has 1 aromatic heterocycles. The van der Waals surface area contributed by atoms with Gasteiger partial charge in [0.1, 0.15) is 0 Å². The predicted molar refractivity (Wildman–Crippen MR) is 112 cm³/mol. The number of aliphatic imine (C=N–C) groups is 1. The van der Waals surface area contributed by atoms with Crippen LogP contribution in [0.15, 0.2) is 22.5 Å². The number of nitrogens with one attached hydrogen (secondary N) is 1. The summed E-state index contributed by atoms with van der Waals surface area (Å²) in [6.45, 7) is 10.4. The molecule has 0 radical (unpaired) electrons. The van der Waals surface area contributed by atoms with E-state index in [0.29, 0.717) is 6.04 Å². The summed E-state index contributed by atoms with van der Waals surface area (Å²) in [6, 6.07) is 4.80. The highest BCUT2D eigenvalue weighted by atomic mass is 32.1. The smallest absolute Gasteiger partial charge is 0.219 e. The first kappa shape index (κ1) is 20.1. The van der Waals surface area contributed by atoms with Crippen molar-refractivity contribution in [1.82, 2.24) is 20.0 Å². The van der Waals surface area contributed by atoms with Gasteiger partial charge >= 0.3 is 0 Å². The van der Waals surface area contributed by atoms with Gasteiger partial charge in [-0.15, -0.1) is 11.3 Å². The maximum absolute atomic E-state index is 11.5. The van der Waals surface area contributed by atoms with Crippen LogP contribution >= 0.6 is 11.3 Å². The molecule has 1 atom stereocenters. The van der Waals surface area contributed by atoms with E-state index in [1.165, 1.54) is 30.8 Å². The molecule has 0 saturated carbocycles. The number of carbonyl (C=O) groups is 1. The lowest BCUT2D eigenvalue weighted by atomic mass is 9.97. The standard InChI is InChI=1S/C20H33N5OS/c1-16-6-8-24(9-7-16)18(19-5-4-14-27-19)15-22-20(21-3)25-12-10-23(11-13-25)17(2)26/h4-5,14,16,18H,6-13,15H2,1-3H3,(H,21,22). The van der Waals surface area contributed by atoms with Gasteiger partial charge in [0.25, 0.3) is 0 Å². The molecular formula is C20H33N5OS. The van der Waals surface area contributed by atoms with Gasteiger partial charge in [-0.25, -0.2) is 0 Å². The molecule has 1 unspecified atom stereocenters. The van der Waals surface area contributed by atoms with Crippen molar-refractivity contribution in [3.63, 3.8) is 0 Å². The van der Waals surface area contributed by atoms with Crippen LogP contribution < -0.4 is 5.32 Å². The van der Waals surface area contributed by atoms with Crippen LogP contribution in [0.4, 0.5) is 0 Å². The summed E-state index contributed by atoms with van der Waals surface area (Å²) in [5.74, 6) is 1.95. The Morgan fingerprint density at radius 3 is 2.44 bits per heavy atom. The van der Waals surface area contributed by atoms with E-state index in [1.807, 2.05) is 23.3 Å². The second-order valence-corrected chi connectivity index (χ2v) is 8.65. The summed E-state index contributed by atoms with van der Waals surface area (Å²) in [7, 11) is 1.85. The van der Waals surface area contributed by atoms with Gasteiger partial charge in [0.05, 0.1) is 6.04 Å². The van der Waals surface area contributed by atoms with Crippen LogP contribution in [-0.4, -0.2) is 79.4 Å². The Balaban J connectivity index is 1.60. The van der Waals surface area contributed by atoms with Gasteiger partial charge in [0.15, 0.2) is 5.96 Å². The minimum Gasteiger partial charge on any atom is -0.354 e. The Morgan fingerprint density at radius 1 is 1.22 bits per heavy atom. The largest absolute Gasteiger partial charge is 0.354 e. The maximum atomic E-state index is 11.5. The van der Waals surface area contributed by atoms with Crippen LogP contribution in [0.3, 0.4) is 0 Å². The fourth-order valence-electron chi connectivity index (χ4n) is 3.98. The van der Waals surface area contributed by atoms with E-state index in [0.717, 1.165) is 44.6 Å². The van der Waals surface area contributed by atoms with Crippen molar-refractivity contribution in [3.05, 3.63) is 22.4 Å². The van der Waals surface area contributed by atoms with Gasteiger partial charge in [-0.2, -0.15) is 0 Å². The first-order chi connectivity index (χ1) is 13.1. The van der Waals surface area contributed by atoms with Crippen molar-refractivity contribution in [2.24, 2.45) is 10.9 Å². The molecule has 1 aromatic rings. The molecule has 0 aromatic carbocycles. The average Bonchev–Trinajstić information content (AvgIpc) is 3.21.